The quantitative estimate of drug-likeness (QED) is 0.110. The summed E-state index contributed by atoms with van der Waals surface area (Å²) in [6.07, 6.45) is 8.92. The van der Waals surface area contributed by atoms with Gasteiger partial charge in [0.15, 0.2) is 0 Å². The number of alkyl carbamates (subject to hydrolysis) is 2. The summed E-state index contributed by atoms with van der Waals surface area (Å²) in [7, 11) is 2.66. The van der Waals surface area contributed by atoms with Gasteiger partial charge < -0.3 is 49.3 Å². The fourth-order valence-corrected chi connectivity index (χ4v) is 12.1. The Morgan fingerprint density at radius 2 is 1.07 bits per heavy atom. The molecule has 12 rings (SSSR count). The molecule has 2 saturated carbocycles. The largest absolute Gasteiger partial charge is 0.453 e. The molecule has 4 amide bonds. The van der Waals surface area contributed by atoms with Gasteiger partial charge in [0.25, 0.3) is 0 Å². The highest BCUT2D eigenvalue weighted by Gasteiger charge is 2.53. The number of amides is 4. The number of benzene rings is 4. The topological polar surface area (TPSA) is 193 Å². The molecule has 6 aromatic rings. The highest BCUT2D eigenvalue weighted by molar-refractivity contribution is 6.07. The van der Waals surface area contributed by atoms with Crippen molar-refractivity contribution >= 4 is 67.6 Å². The van der Waals surface area contributed by atoms with Crippen LogP contribution < -0.4 is 10.6 Å². The molecule has 2 spiro atoms. The monoisotopic (exact) mass is 922 g/mol. The predicted octanol–water partition coefficient (Wildman–Crippen LogP) is 8.11. The van der Waals surface area contributed by atoms with Crippen molar-refractivity contribution in [3.63, 3.8) is 0 Å². The number of nitrogens with one attached hydrogen (secondary N) is 4. The summed E-state index contributed by atoms with van der Waals surface area (Å²) >= 11 is 0. The van der Waals surface area contributed by atoms with E-state index >= 15 is 0 Å². The number of likely N-dealkylation sites (tertiary alicyclic amines) is 2. The Bertz CT molecular complexity index is 2790. The molecule has 4 N–H and O–H groups in total. The Kier molecular flexibility index (Phi) is 10.6. The van der Waals surface area contributed by atoms with Gasteiger partial charge in [-0.3, -0.25) is 9.59 Å². The second kappa shape index (κ2) is 16.8. The van der Waals surface area contributed by atoms with Gasteiger partial charge in [-0.1, -0.05) is 36.4 Å². The summed E-state index contributed by atoms with van der Waals surface area (Å²) in [6.45, 7) is 2.35. The van der Waals surface area contributed by atoms with Crippen LogP contribution in [0.3, 0.4) is 0 Å². The Morgan fingerprint density at radius 3 is 1.49 bits per heavy atom. The average molecular weight is 923 g/mol. The van der Waals surface area contributed by atoms with Crippen LogP contribution in [0.1, 0.15) is 101 Å². The predicted molar refractivity (Wildman–Crippen MR) is 254 cm³/mol. The van der Waals surface area contributed by atoms with Crippen molar-refractivity contribution in [2.75, 3.05) is 40.5 Å². The molecular formula is C52H58N8O8. The Labute approximate surface area is 393 Å². The van der Waals surface area contributed by atoms with Gasteiger partial charge in [-0.25, -0.2) is 19.6 Å². The van der Waals surface area contributed by atoms with Crippen molar-refractivity contribution in [3.8, 4) is 11.1 Å². The van der Waals surface area contributed by atoms with Crippen LogP contribution in [0.2, 0.25) is 0 Å². The number of nitrogens with zero attached hydrogens (tertiary/aromatic N) is 4. The summed E-state index contributed by atoms with van der Waals surface area (Å²) < 4.78 is 22.1. The molecule has 4 unspecified atom stereocenters. The molecule has 2 aromatic heterocycles. The van der Waals surface area contributed by atoms with Gasteiger partial charge in [0, 0.05) is 37.1 Å². The van der Waals surface area contributed by atoms with E-state index in [0.29, 0.717) is 39.1 Å². The van der Waals surface area contributed by atoms with Crippen molar-refractivity contribution in [2.24, 2.45) is 11.8 Å². The van der Waals surface area contributed by atoms with E-state index in [9.17, 15) is 19.2 Å². The van der Waals surface area contributed by atoms with Crippen molar-refractivity contribution in [3.05, 3.63) is 72.3 Å². The zero-order chi connectivity index (χ0) is 46.3. The van der Waals surface area contributed by atoms with Crippen molar-refractivity contribution in [1.29, 1.82) is 0 Å². The van der Waals surface area contributed by atoms with Gasteiger partial charge in [-0.2, -0.15) is 0 Å². The Balaban J connectivity index is 0.786. The Morgan fingerprint density at radius 1 is 0.632 bits per heavy atom. The lowest BCUT2D eigenvalue weighted by Gasteiger charge is -2.37. The van der Waals surface area contributed by atoms with E-state index < -0.39 is 24.3 Å². The SMILES string of the molecule is COC(=O)NC(C(=O)N1CCC[C@H]1c1nc2c(ccc3cc(-c4ccc5c(ccc6[nH]c([C@@H]7CCCN7C(=O)C(NC(=O)OC)C7CCOC8(CC8)C7)nc65)c4)ccc32)[nH]1)C1CCOC2(CC2)C1. The fraction of sp³-hybridized carbons (Fsp3) is 0.500. The standard InChI is InChI=1S/C52H58N8O8/c1-65-49(63)57-41(33-15-23-67-51(27-33)17-18-51)47(61)59-21-3-5-39(59)45-53-37-13-9-31-25-29(7-11-35(31)43(37)55-45)30-8-12-36-32(26-30)10-14-38-44(36)56-46(54-38)40-6-4-22-60(40)48(62)42(58-50(64)66-2)34-16-24-68-52(28-34)19-20-52/h7-14,25-26,33-34,39-42H,3-6,15-24,27-28H2,1-2H3,(H,53,55)(H,54,56)(H,57,63)(H,58,64)/t33?,34?,39-,40-,41?,42?/m0/s1. The van der Waals surface area contributed by atoms with Crippen LogP contribution in [0, 0.1) is 11.8 Å². The first-order valence-corrected chi connectivity index (χ1v) is 24.5. The lowest BCUT2D eigenvalue weighted by Crippen LogP contribution is -2.54. The molecule has 354 valence electrons. The number of hydrogen-bond donors (Lipinski definition) is 4. The molecule has 0 bridgehead atoms. The molecule has 6 atom stereocenters. The highest BCUT2D eigenvalue weighted by Crippen LogP contribution is 2.50. The van der Waals surface area contributed by atoms with E-state index in [1.807, 2.05) is 9.80 Å². The minimum Gasteiger partial charge on any atom is -0.453 e. The zero-order valence-corrected chi connectivity index (χ0v) is 38.6. The number of carbonyl (C=O) groups excluding carboxylic acids is 4. The number of aromatic amines is 2. The third-order valence-electron chi connectivity index (χ3n) is 16.1. The number of H-pyrrole nitrogens is 2. The summed E-state index contributed by atoms with van der Waals surface area (Å²) in [4.78, 5) is 75.2. The summed E-state index contributed by atoms with van der Waals surface area (Å²) in [6, 6.07) is 19.4. The maximum absolute atomic E-state index is 14.4. The molecular weight excluding hydrogens is 865 g/mol. The number of ether oxygens (including phenoxy) is 4. The smallest absolute Gasteiger partial charge is 0.407 e. The van der Waals surface area contributed by atoms with E-state index in [1.165, 1.54) is 14.2 Å². The normalized spacial score (nSPS) is 24.7. The maximum atomic E-state index is 14.4. The molecule has 6 heterocycles. The Hall–Kier alpha value is -6.26. The first-order chi connectivity index (χ1) is 33.1. The van der Waals surface area contributed by atoms with E-state index in [4.69, 9.17) is 28.9 Å². The number of imidazole rings is 2. The number of hydrogen-bond acceptors (Lipinski definition) is 10. The molecule has 6 fully saturated rings. The minimum atomic E-state index is -0.694. The zero-order valence-electron chi connectivity index (χ0n) is 38.6. The number of carbonyl (C=O) groups is 4. The second-order valence-corrected chi connectivity index (χ2v) is 20.2. The first kappa shape index (κ1) is 43.0. The van der Waals surface area contributed by atoms with Crippen molar-refractivity contribution in [2.45, 2.75) is 112 Å². The summed E-state index contributed by atoms with van der Waals surface area (Å²) in [5.41, 5.74) is 5.37. The van der Waals surface area contributed by atoms with Crippen molar-refractivity contribution < 1.29 is 38.1 Å². The number of methoxy groups -OCH3 is 2. The van der Waals surface area contributed by atoms with Gasteiger partial charge in [0.1, 0.15) is 23.7 Å². The number of rotatable bonds is 9. The van der Waals surface area contributed by atoms with Crippen LogP contribution in [-0.2, 0) is 28.5 Å². The van der Waals surface area contributed by atoms with Crippen LogP contribution in [0.4, 0.5) is 9.59 Å². The lowest BCUT2D eigenvalue weighted by atomic mass is 9.86. The van der Waals surface area contributed by atoms with Crippen molar-refractivity contribution in [1.82, 2.24) is 40.4 Å². The van der Waals surface area contributed by atoms with E-state index in [1.54, 1.807) is 0 Å². The molecule has 4 aliphatic heterocycles. The lowest BCUT2D eigenvalue weighted by molar-refractivity contribution is -0.138. The molecule has 6 aliphatic rings. The van der Waals surface area contributed by atoms with Gasteiger partial charge in [0.05, 0.1) is 59.6 Å². The van der Waals surface area contributed by atoms with Crippen LogP contribution in [0.25, 0.3) is 54.7 Å². The van der Waals surface area contributed by atoms with Crippen LogP contribution in [0.5, 0.6) is 0 Å². The molecule has 2 aliphatic carbocycles. The fourth-order valence-electron chi connectivity index (χ4n) is 12.1. The first-order valence-electron chi connectivity index (χ1n) is 24.5. The molecule has 68 heavy (non-hydrogen) atoms. The van der Waals surface area contributed by atoms with Crippen LogP contribution in [0.15, 0.2) is 60.7 Å². The van der Waals surface area contributed by atoms with Gasteiger partial charge in [-0.15, -0.1) is 0 Å². The van der Waals surface area contributed by atoms with Crippen LogP contribution >= 0.6 is 0 Å². The molecule has 16 heteroatoms. The van der Waals surface area contributed by atoms with Gasteiger partial charge >= 0.3 is 12.2 Å². The molecule has 4 saturated heterocycles. The van der Waals surface area contributed by atoms with E-state index in [-0.39, 0.29) is 46.9 Å². The van der Waals surface area contributed by atoms with Gasteiger partial charge in [0.2, 0.25) is 11.8 Å². The third kappa shape index (κ3) is 7.69. The van der Waals surface area contributed by atoms with Gasteiger partial charge in [-0.05, 0) is 135 Å². The summed E-state index contributed by atoms with van der Waals surface area (Å²) in [5, 5.41) is 9.95. The maximum Gasteiger partial charge on any atom is 0.407 e. The number of fused-ring (bicyclic) bond motifs is 6. The highest BCUT2D eigenvalue weighted by atomic mass is 16.5. The number of aromatic nitrogens is 4. The molecule has 4 aromatic carbocycles. The van der Waals surface area contributed by atoms with E-state index in [0.717, 1.165) is 131 Å². The summed E-state index contributed by atoms with van der Waals surface area (Å²) in [5.74, 6) is 1.25. The average Bonchev–Trinajstić information content (AvgIpc) is 3.87. The third-order valence-corrected chi connectivity index (χ3v) is 16.1. The van der Waals surface area contributed by atoms with E-state index in [2.05, 4.69) is 81.3 Å². The second-order valence-electron chi connectivity index (χ2n) is 20.2. The van der Waals surface area contributed by atoms with Crippen LogP contribution in [-0.4, -0.2) is 118 Å². The molecule has 16 nitrogen and oxygen atoms in total. The molecule has 0 radical (unpaired) electrons. The minimum absolute atomic E-state index is 0.0305.